The Kier molecular flexibility index (Phi) is 4.01. The molecule has 1 aliphatic heterocycles. The van der Waals surface area contributed by atoms with Crippen molar-refractivity contribution in [2.45, 2.75) is 24.8 Å². The Balaban J connectivity index is 1.48. The average Bonchev–Trinajstić information content (AvgIpc) is 2.43. The van der Waals surface area contributed by atoms with Crippen LogP contribution >= 0.6 is 0 Å². The van der Waals surface area contributed by atoms with Crippen LogP contribution in [0.25, 0.3) is 0 Å². The van der Waals surface area contributed by atoms with Crippen molar-refractivity contribution in [3.8, 4) is 5.75 Å². The molecule has 2 aliphatic rings. The zero-order chi connectivity index (χ0) is 13.1. The average molecular weight is 262 g/mol. The molecule has 4 heteroatoms. The van der Waals surface area contributed by atoms with E-state index in [0.717, 1.165) is 32.1 Å². The van der Waals surface area contributed by atoms with Gasteiger partial charge < -0.3 is 9.47 Å². The lowest BCUT2D eigenvalue weighted by Crippen LogP contribution is -2.53. The fourth-order valence-electron chi connectivity index (χ4n) is 2.84. The normalized spacial score (nSPS) is 27.8. The van der Waals surface area contributed by atoms with Crippen molar-refractivity contribution in [1.82, 2.24) is 10.4 Å². The second kappa shape index (κ2) is 5.90. The molecule has 1 saturated heterocycles. The number of ether oxygens (including phenoxy) is 2. The summed E-state index contributed by atoms with van der Waals surface area (Å²) in [7, 11) is 1.72. The molecule has 0 unspecified atom stereocenters. The molecular weight excluding hydrogens is 240 g/mol. The molecule has 0 amide bonds. The van der Waals surface area contributed by atoms with Gasteiger partial charge in [-0.15, -0.1) is 0 Å². The Morgan fingerprint density at radius 1 is 1.26 bits per heavy atom. The maximum absolute atomic E-state index is 5.35. The van der Waals surface area contributed by atoms with E-state index >= 15 is 0 Å². The summed E-state index contributed by atoms with van der Waals surface area (Å²) in [6.45, 7) is 3.69. The number of hydrogen-bond donors (Lipinski definition) is 1. The molecule has 1 aliphatic carbocycles. The summed E-state index contributed by atoms with van der Waals surface area (Å²) < 4.78 is 10.6. The van der Waals surface area contributed by atoms with E-state index in [0.29, 0.717) is 12.0 Å². The minimum Gasteiger partial charge on any atom is -0.497 e. The van der Waals surface area contributed by atoms with Gasteiger partial charge in [0.25, 0.3) is 0 Å². The Labute approximate surface area is 114 Å². The smallest absolute Gasteiger partial charge is 0.119 e. The van der Waals surface area contributed by atoms with Crippen molar-refractivity contribution in [3.05, 3.63) is 29.8 Å². The van der Waals surface area contributed by atoms with Gasteiger partial charge in [0.05, 0.1) is 20.3 Å². The lowest BCUT2D eigenvalue weighted by atomic mass is 9.76. The van der Waals surface area contributed by atoms with E-state index in [9.17, 15) is 0 Å². The van der Waals surface area contributed by atoms with E-state index in [-0.39, 0.29) is 0 Å². The maximum atomic E-state index is 5.35. The van der Waals surface area contributed by atoms with Crippen LogP contribution < -0.4 is 10.2 Å². The van der Waals surface area contributed by atoms with E-state index < -0.39 is 0 Å². The van der Waals surface area contributed by atoms with E-state index in [4.69, 9.17) is 9.47 Å². The molecular formula is C15H22N2O2. The van der Waals surface area contributed by atoms with Crippen molar-refractivity contribution >= 4 is 0 Å². The largest absolute Gasteiger partial charge is 0.497 e. The van der Waals surface area contributed by atoms with Crippen molar-refractivity contribution in [2.24, 2.45) is 0 Å². The molecule has 104 valence electrons. The SMILES string of the molecule is COc1cccc(C2CC(NN3CCOCC3)C2)c1. The van der Waals surface area contributed by atoms with Gasteiger partial charge >= 0.3 is 0 Å². The lowest BCUT2D eigenvalue weighted by Gasteiger charge is -2.40. The molecule has 3 rings (SSSR count). The van der Waals surface area contributed by atoms with Crippen molar-refractivity contribution in [2.75, 3.05) is 33.4 Å². The van der Waals surface area contributed by atoms with E-state index in [2.05, 4.69) is 28.6 Å². The number of rotatable bonds is 4. The highest BCUT2D eigenvalue weighted by atomic mass is 16.5. The third-order valence-corrected chi connectivity index (χ3v) is 4.08. The van der Waals surface area contributed by atoms with Crippen LogP contribution in [-0.4, -0.2) is 44.5 Å². The lowest BCUT2D eigenvalue weighted by molar-refractivity contribution is -0.00621. The van der Waals surface area contributed by atoms with Crippen LogP contribution in [0.1, 0.15) is 24.3 Å². The van der Waals surface area contributed by atoms with Crippen LogP contribution in [0.3, 0.4) is 0 Å². The molecule has 1 N–H and O–H groups in total. The molecule has 0 radical (unpaired) electrons. The summed E-state index contributed by atoms with van der Waals surface area (Å²) in [4.78, 5) is 0. The van der Waals surface area contributed by atoms with Crippen molar-refractivity contribution in [3.63, 3.8) is 0 Å². The first kappa shape index (κ1) is 12.9. The van der Waals surface area contributed by atoms with Gasteiger partial charge in [-0.2, -0.15) is 0 Å². The van der Waals surface area contributed by atoms with Gasteiger partial charge in [0, 0.05) is 19.1 Å². The van der Waals surface area contributed by atoms with Gasteiger partial charge in [0.15, 0.2) is 0 Å². The molecule has 0 spiro atoms. The number of hydrogen-bond acceptors (Lipinski definition) is 4. The van der Waals surface area contributed by atoms with Gasteiger partial charge in [-0.05, 0) is 36.5 Å². The first-order valence-electron chi connectivity index (χ1n) is 7.08. The second-order valence-corrected chi connectivity index (χ2v) is 5.37. The topological polar surface area (TPSA) is 33.7 Å². The number of nitrogens with one attached hydrogen (secondary N) is 1. The zero-order valence-corrected chi connectivity index (χ0v) is 11.5. The number of morpholine rings is 1. The molecule has 1 aromatic rings. The quantitative estimate of drug-likeness (QED) is 0.897. The highest BCUT2D eigenvalue weighted by Crippen LogP contribution is 2.38. The Bertz CT molecular complexity index is 412. The molecule has 19 heavy (non-hydrogen) atoms. The molecule has 1 saturated carbocycles. The first-order valence-corrected chi connectivity index (χ1v) is 7.08. The fraction of sp³-hybridized carbons (Fsp3) is 0.600. The molecule has 0 atom stereocenters. The summed E-state index contributed by atoms with van der Waals surface area (Å²) in [6, 6.07) is 9.07. The number of benzene rings is 1. The predicted molar refractivity (Wildman–Crippen MR) is 74.3 cm³/mol. The molecule has 2 fully saturated rings. The van der Waals surface area contributed by atoms with E-state index in [1.165, 1.54) is 18.4 Å². The molecule has 4 nitrogen and oxygen atoms in total. The summed E-state index contributed by atoms with van der Waals surface area (Å²) in [5.74, 6) is 1.63. The van der Waals surface area contributed by atoms with Crippen LogP contribution in [0, 0.1) is 0 Å². The van der Waals surface area contributed by atoms with Gasteiger partial charge in [0.1, 0.15) is 5.75 Å². The molecule has 0 bridgehead atoms. The minimum atomic E-state index is 0.620. The van der Waals surface area contributed by atoms with Gasteiger partial charge in [-0.25, -0.2) is 5.01 Å². The Morgan fingerprint density at radius 2 is 2.05 bits per heavy atom. The number of hydrazine groups is 1. The fourth-order valence-corrected chi connectivity index (χ4v) is 2.84. The van der Waals surface area contributed by atoms with Crippen LogP contribution in [0.15, 0.2) is 24.3 Å². The predicted octanol–water partition coefficient (Wildman–Crippen LogP) is 1.78. The minimum absolute atomic E-state index is 0.620. The highest BCUT2D eigenvalue weighted by Gasteiger charge is 2.31. The van der Waals surface area contributed by atoms with Gasteiger partial charge in [-0.1, -0.05) is 12.1 Å². The van der Waals surface area contributed by atoms with Gasteiger partial charge in [-0.3, -0.25) is 5.43 Å². The standard InChI is InChI=1S/C15H22N2O2/c1-18-15-4-2-3-12(11-15)13-9-14(10-13)16-17-5-7-19-8-6-17/h2-4,11,13-14,16H,5-10H2,1H3. The summed E-state index contributed by atoms with van der Waals surface area (Å²) in [6.07, 6.45) is 2.43. The third kappa shape index (κ3) is 3.08. The second-order valence-electron chi connectivity index (χ2n) is 5.37. The zero-order valence-electron chi connectivity index (χ0n) is 11.5. The molecule has 1 aromatic carbocycles. The van der Waals surface area contributed by atoms with Crippen LogP contribution in [-0.2, 0) is 4.74 Å². The Morgan fingerprint density at radius 3 is 2.79 bits per heavy atom. The highest BCUT2D eigenvalue weighted by molar-refractivity contribution is 5.32. The molecule has 0 aromatic heterocycles. The van der Waals surface area contributed by atoms with Crippen LogP contribution in [0.4, 0.5) is 0 Å². The Hall–Kier alpha value is -1.10. The van der Waals surface area contributed by atoms with E-state index in [1.54, 1.807) is 7.11 Å². The van der Waals surface area contributed by atoms with Crippen LogP contribution in [0.5, 0.6) is 5.75 Å². The van der Waals surface area contributed by atoms with Crippen molar-refractivity contribution < 1.29 is 9.47 Å². The monoisotopic (exact) mass is 262 g/mol. The summed E-state index contributed by atoms with van der Waals surface area (Å²) in [5.41, 5.74) is 5.01. The first-order chi connectivity index (χ1) is 9.35. The summed E-state index contributed by atoms with van der Waals surface area (Å²) in [5, 5.41) is 2.30. The maximum Gasteiger partial charge on any atom is 0.119 e. The van der Waals surface area contributed by atoms with Crippen molar-refractivity contribution in [1.29, 1.82) is 0 Å². The molecule has 1 heterocycles. The van der Waals surface area contributed by atoms with Crippen LogP contribution in [0.2, 0.25) is 0 Å². The summed E-state index contributed by atoms with van der Waals surface area (Å²) >= 11 is 0. The number of methoxy groups -OCH3 is 1. The van der Waals surface area contributed by atoms with Gasteiger partial charge in [0.2, 0.25) is 0 Å². The van der Waals surface area contributed by atoms with E-state index in [1.807, 2.05) is 6.07 Å². The number of nitrogens with zero attached hydrogens (tertiary/aromatic N) is 1. The third-order valence-electron chi connectivity index (χ3n) is 4.08.